The number of aryl methyl sites for hydroxylation is 1. The van der Waals surface area contributed by atoms with Crippen LogP contribution in [0, 0.1) is 0 Å². The predicted octanol–water partition coefficient (Wildman–Crippen LogP) is 0.931. The van der Waals surface area contributed by atoms with Gasteiger partial charge in [0.05, 0.1) is 12.2 Å². The molecular weight excluding hydrogens is 254 g/mol. The lowest BCUT2D eigenvalue weighted by Gasteiger charge is -1.93. The van der Waals surface area contributed by atoms with Gasteiger partial charge < -0.3 is 0 Å². The molecule has 3 aromatic heterocycles. The van der Waals surface area contributed by atoms with E-state index >= 15 is 0 Å². The van der Waals surface area contributed by atoms with Crippen LogP contribution in [-0.4, -0.2) is 24.0 Å². The van der Waals surface area contributed by atoms with Crippen LogP contribution in [0.1, 0.15) is 5.69 Å². The van der Waals surface area contributed by atoms with Crippen molar-refractivity contribution in [2.45, 2.75) is 6.54 Å². The summed E-state index contributed by atoms with van der Waals surface area (Å²) in [4.78, 5) is 12.0. The quantitative estimate of drug-likeness (QED) is 0.691. The highest BCUT2D eigenvalue weighted by Crippen LogP contribution is 2.09. The van der Waals surface area contributed by atoms with E-state index in [4.69, 9.17) is 11.6 Å². The van der Waals surface area contributed by atoms with E-state index in [0.29, 0.717) is 23.0 Å². The lowest BCUT2D eigenvalue weighted by Crippen LogP contribution is -2.21. The zero-order valence-corrected chi connectivity index (χ0v) is 10.4. The van der Waals surface area contributed by atoms with E-state index in [9.17, 15) is 4.79 Å². The summed E-state index contributed by atoms with van der Waals surface area (Å²) in [7, 11) is 1.75. The average molecular weight is 264 g/mol. The Morgan fingerprint density at radius 1 is 1.33 bits per heavy atom. The molecule has 3 rings (SSSR count). The van der Waals surface area contributed by atoms with Crippen molar-refractivity contribution in [1.82, 2.24) is 24.0 Å². The van der Waals surface area contributed by atoms with Gasteiger partial charge in [-0.2, -0.15) is 5.10 Å². The first-order valence-corrected chi connectivity index (χ1v) is 5.75. The van der Waals surface area contributed by atoms with E-state index in [1.54, 1.807) is 36.1 Å². The Balaban J connectivity index is 2.05. The first-order valence-electron chi connectivity index (χ1n) is 5.38. The Hall–Kier alpha value is -2.08. The maximum Gasteiger partial charge on any atom is 0.350 e. The number of pyridine rings is 1. The van der Waals surface area contributed by atoms with Gasteiger partial charge in [0.1, 0.15) is 5.15 Å². The summed E-state index contributed by atoms with van der Waals surface area (Å²) in [6.45, 7) is 0.307. The lowest BCUT2D eigenvalue weighted by atomic mass is 10.4. The molecule has 0 radical (unpaired) electrons. The average Bonchev–Trinajstić information content (AvgIpc) is 2.83. The largest absolute Gasteiger partial charge is 0.350 e. The minimum absolute atomic E-state index is 0.188. The molecule has 7 heteroatoms. The fourth-order valence-electron chi connectivity index (χ4n) is 1.80. The molecule has 92 valence electrons. The number of aromatic nitrogens is 5. The topological polar surface area (TPSA) is 57.1 Å². The number of hydrogen-bond acceptors (Lipinski definition) is 3. The van der Waals surface area contributed by atoms with E-state index in [2.05, 4.69) is 10.2 Å². The number of halogens is 1. The van der Waals surface area contributed by atoms with E-state index < -0.39 is 0 Å². The van der Waals surface area contributed by atoms with Crippen LogP contribution in [0.4, 0.5) is 0 Å². The fraction of sp³-hybridized carbons (Fsp3) is 0.182. The summed E-state index contributed by atoms with van der Waals surface area (Å²) in [5, 5.41) is 8.94. The molecule has 3 aromatic rings. The van der Waals surface area contributed by atoms with Gasteiger partial charge in [0, 0.05) is 19.3 Å². The standard InChI is InChI=1S/C11H10ClN5O/c1-15-9(12)6-8(13-15)7-17-11(18)16-5-3-2-4-10(16)14-17/h2-6H,7H2,1H3. The molecule has 0 spiro atoms. The monoisotopic (exact) mass is 263 g/mol. The van der Waals surface area contributed by atoms with Crippen molar-refractivity contribution in [3.05, 3.63) is 51.8 Å². The summed E-state index contributed by atoms with van der Waals surface area (Å²) in [5.41, 5.74) is 1.13. The first kappa shape index (κ1) is 11.0. The zero-order chi connectivity index (χ0) is 12.7. The summed E-state index contributed by atoms with van der Waals surface area (Å²) in [6, 6.07) is 7.13. The van der Waals surface area contributed by atoms with Crippen LogP contribution >= 0.6 is 11.6 Å². The minimum Gasteiger partial charge on any atom is -0.257 e. The maximum absolute atomic E-state index is 12.0. The van der Waals surface area contributed by atoms with Crippen LogP contribution in [0.2, 0.25) is 5.15 Å². The second-order valence-electron chi connectivity index (χ2n) is 3.95. The smallest absolute Gasteiger partial charge is 0.257 e. The van der Waals surface area contributed by atoms with Crippen molar-refractivity contribution < 1.29 is 0 Å². The molecule has 0 aliphatic carbocycles. The molecule has 0 amide bonds. The molecule has 0 atom stereocenters. The van der Waals surface area contributed by atoms with Crippen molar-refractivity contribution >= 4 is 17.2 Å². The van der Waals surface area contributed by atoms with Crippen molar-refractivity contribution in [1.29, 1.82) is 0 Å². The summed E-state index contributed by atoms with van der Waals surface area (Å²) >= 11 is 5.90. The van der Waals surface area contributed by atoms with E-state index in [1.165, 1.54) is 9.08 Å². The Morgan fingerprint density at radius 2 is 2.17 bits per heavy atom. The van der Waals surface area contributed by atoms with Gasteiger partial charge in [0.15, 0.2) is 5.65 Å². The van der Waals surface area contributed by atoms with Crippen LogP contribution in [-0.2, 0) is 13.6 Å². The maximum atomic E-state index is 12.0. The van der Waals surface area contributed by atoms with E-state index in [1.807, 2.05) is 6.07 Å². The molecule has 0 N–H and O–H groups in total. The number of fused-ring (bicyclic) bond motifs is 1. The third-order valence-electron chi connectivity index (χ3n) is 2.67. The predicted molar refractivity (Wildman–Crippen MR) is 66.8 cm³/mol. The van der Waals surface area contributed by atoms with Crippen LogP contribution in [0.5, 0.6) is 0 Å². The molecule has 0 fully saturated rings. The number of rotatable bonds is 2. The van der Waals surface area contributed by atoms with Gasteiger partial charge >= 0.3 is 5.69 Å². The van der Waals surface area contributed by atoms with Gasteiger partial charge in [0.25, 0.3) is 0 Å². The minimum atomic E-state index is -0.188. The van der Waals surface area contributed by atoms with E-state index in [-0.39, 0.29) is 5.69 Å². The van der Waals surface area contributed by atoms with Gasteiger partial charge in [-0.25, -0.2) is 9.48 Å². The lowest BCUT2D eigenvalue weighted by molar-refractivity contribution is 0.630. The Morgan fingerprint density at radius 3 is 2.83 bits per heavy atom. The Kier molecular flexibility index (Phi) is 2.45. The summed E-state index contributed by atoms with van der Waals surface area (Å²) in [5.74, 6) is 0. The van der Waals surface area contributed by atoms with Gasteiger partial charge in [-0.3, -0.25) is 9.08 Å². The molecule has 6 nitrogen and oxygen atoms in total. The molecular formula is C11H10ClN5O. The van der Waals surface area contributed by atoms with Crippen LogP contribution in [0.3, 0.4) is 0 Å². The molecule has 0 bridgehead atoms. The van der Waals surface area contributed by atoms with Crippen LogP contribution < -0.4 is 5.69 Å². The van der Waals surface area contributed by atoms with Gasteiger partial charge in [-0.1, -0.05) is 17.7 Å². The van der Waals surface area contributed by atoms with Crippen LogP contribution in [0.25, 0.3) is 5.65 Å². The fourth-order valence-corrected chi connectivity index (χ4v) is 1.97. The Labute approximate surface area is 107 Å². The second-order valence-corrected chi connectivity index (χ2v) is 4.34. The molecule has 0 unspecified atom stereocenters. The molecule has 0 aliphatic heterocycles. The highest BCUT2D eigenvalue weighted by atomic mass is 35.5. The third-order valence-corrected chi connectivity index (χ3v) is 3.03. The zero-order valence-electron chi connectivity index (χ0n) is 9.62. The molecule has 0 saturated carbocycles. The van der Waals surface area contributed by atoms with Crippen molar-refractivity contribution in [2.75, 3.05) is 0 Å². The van der Waals surface area contributed by atoms with Gasteiger partial charge in [-0.05, 0) is 12.1 Å². The molecule has 18 heavy (non-hydrogen) atoms. The number of nitrogens with zero attached hydrogens (tertiary/aromatic N) is 5. The molecule has 0 aromatic carbocycles. The van der Waals surface area contributed by atoms with Gasteiger partial charge in [0.2, 0.25) is 0 Å². The summed E-state index contributed by atoms with van der Waals surface area (Å²) < 4.78 is 4.41. The third kappa shape index (κ3) is 1.70. The SMILES string of the molecule is Cn1nc(Cn2nc3ccccn3c2=O)cc1Cl. The number of hydrogen-bond donors (Lipinski definition) is 0. The van der Waals surface area contributed by atoms with Crippen molar-refractivity contribution in [3.8, 4) is 0 Å². The molecule has 0 aliphatic rings. The highest BCUT2D eigenvalue weighted by molar-refractivity contribution is 6.29. The van der Waals surface area contributed by atoms with Crippen molar-refractivity contribution in [3.63, 3.8) is 0 Å². The normalized spacial score (nSPS) is 11.2. The second kappa shape index (κ2) is 3.99. The first-order chi connectivity index (χ1) is 8.65. The summed E-state index contributed by atoms with van der Waals surface area (Å²) in [6.07, 6.45) is 1.69. The van der Waals surface area contributed by atoms with E-state index in [0.717, 1.165) is 0 Å². The van der Waals surface area contributed by atoms with Crippen molar-refractivity contribution in [2.24, 2.45) is 7.05 Å². The molecule has 0 saturated heterocycles. The Bertz CT molecular complexity index is 750. The molecule has 3 heterocycles. The van der Waals surface area contributed by atoms with Crippen LogP contribution in [0.15, 0.2) is 35.3 Å². The van der Waals surface area contributed by atoms with Gasteiger partial charge in [-0.15, -0.1) is 5.10 Å². The highest BCUT2D eigenvalue weighted by Gasteiger charge is 2.09.